The van der Waals surface area contributed by atoms with Gasteiger partial charge in [-0.3, -0.25) is 4.68 Å². The Hall–Kier alpha value is -0.950. The fourth-order valence-electron chi connectivity index (χ4n) is 1.63. The second-order valence-electron chi connectivity index (χ2n) is 4.46. The molecule has 0 saturated carbocycles. The van der Waals surface area contributed by atoms with Gasteiger partial charge in [-0.05, 0) is 19.9 Å². The third kappa shape index (κ3) is 7.94. The summed E-state index contributed by atoms with van der Waals surface area (Å²) in [6.07, 6.45) is 3.18. The molecule has 1 heterocycles. The zero-order valence-corrected chi connectivity index (χ0v) is 11.8. The molecule has 2 unspecified atom stereocenters. The third-order valence-corrected chi connectivity index (χ3v) is 2.61. The van der Waals surface area contributed by atoms with Gasteiger partial charge in [-0.1, -0.05) is 0 Å². The van der Waals surface area contributed by atoms with Crippen LogP contribution >= 0.6 is 0 Å². The number of hydrogen-bond acceptors (Lipinski definition) is 5. The standard InChI is InChI=1S/C13H25N3O3/c1-3-18-7-8-19-11-13(17)9-14-12(2)10-16-6-4-5-15-16/h4-6,12-14,17H,3,7-11H2,1-2H3. The van der Waals surface area contributed by atoms with Crippen molar-refractivity contribution in [3.63, 3.8) is 0 Å². The molecule has 0 aliphatic rings. The van der Waals surface area contributed by atoms with Crippen molar-refractivity contribution in [2.24, 2.45) is 0 Å². The summed E-state index contributed by atoms with van der Waals surface area (Å²) >= 11 is 0. The summed E-state index contributed by atoms with van der Waals surface area (Å²) in [5, 5.41) is 17.1. The number of ether oxygens (including phenoxy) is 2. The monoisotopic (exact) mass is 271 g/mol. The molecule has 0 aliphatic heterocycles. The zero-order valence-electron chi connectivity index (χ0n) is 11.8. The molecule has 0 radical (unpaired) electrons. The molecule has 0 spiro atoms. The SMILES string of the molecule is CCOCCOCC(O)CNC(C)Cn1cccn1. The first-order chi connectivity index (χ1) is 9.22. The van der Waals surface area contributed by atoms with Crippen molar-refractivity contribution in [3.05, 3.63) is 18.5 Å². The summed E-state index contributed by atoms with van der Waals surface area (Å²) in [5.74, 6) is 0. The average molecular weight is 271 g/mol. The Morgan fingerprint density at radius 1 is 1.37 bits per heavy atom. The summed E-state index contributed by atoms with van der Waals surface area (Å²) in [5.41, 5.74) is 0. The Bertz CT molecular complexity index is 306. The van der Waals surface area contributed by atoms with Crippen LogP contribution in [-0.2, 0) is 16.0 Å². The predicted octanol–water partition coefficient (Wildman–Crippen LogP) is 0.275. The van der Waals surface area contributed by atoms with Crippen molar-refractivity contribution in [1.29, 1.82) is 0 Å². The van der Waals surface area contributed by atoms with Crippen molar-refractivity contribution in [2.45, 2.75) is 32.5 Å². The molecule has 6 nitrogen and oxygen atoms in total. The van der Waals surface area contributed by atoms with Gasteiger partial charge in [-0.25, -0.2) is 0 Å². The van der Waals surface area contributed by atoms with E-state index in [1.54, 1.807) is 6.20 Å². The summed E-state index contributed by atoms with van der Waals surface area (Å²) in [6, 6.07) is 2.14. The number of aliphatic hydroxyl groups excluding tert-OH is 1. The number of aromatic nitrogens is 2. The van der Waals surface area contributed by atoms with Crippen molar-refractivity contribution in [2.75, 3.05) is 33.0 Å². The Balaban J connectivity index is 2.01. The lowest BCUT2D eigenvalue weighted by Crippen LogP contribution is -2.38. The molecule has 0 bridgehead atoms. The lowest BCUT2D eigenvalue weighted by Gasteiger charge is -2.17. The van der Waals surface area contributed by atoms with Gasteiger partial charge in [0, 0.05) is 31.6 Å². The lowest BCUT2D eigenvalue weighted by atomic mass is 10.3. The van der Waals surface area contributed by atoms with Gasteiger partial charge in [0.1, 0.15) is 0 Å². The molecule has 6 heteroatoms. The van der Waals surface area contributed by atoms with E-state index in [1.165, 1.54) is 0 Å². The van der Waals surface area contributed by atoms with Gasteiger partial charge >= 0.3 is 0 Å². The van der Waals surface area contributed by atoms with Crippen LogP contribution in [0.25, 0.3) is 0 Å². The van der Waals surface area contributed by atoms with Gasteiger partial charge in [-0.2, -0.15) is 5.10 Å². The first-order valence-electron chi connectivity index (χ1n) is 6.76. The maximum Gasteiger partial charge on any atom is 0.0897 e. The molecular weight excluding hydrogens is 246 g/mol. The molecule has 1 aromatic heterocycles. The van der Waals surface area contributed by atoms with E-state index in [9.17, 15) is 5.11 Å². The predicted molar refractivity (Wildman–Crippen MR) is 73.0 cm³/mol. The van der Waals surface area contributed by atoms with E-state index in [0.29, 0.717) is 33.0 Å². The summed E-state index contributed by atoms with van der Waals surface area (Å²) in [7, 11) is 0. The maximum atomic E-state index is 9.73. The first kappa shape index (κ1) is 16.1. The van der Waals surface area contributed by atoms with Crippen molar-refractivity contribution in [1.82, 2.24) is 15.1 Å². The lowest BCUT2D eigenvalue weighted by molar-refractivity contribution is 0.00572. The van der Waals surface area contributed by atoms with Crippen LogP contribution in [0.1, 0.15) is 13.8 Å². The second-order valence-corrected chi connectivity index (χ2v) is 4.46. The summed E-state index contributed by atoms with van der Waals surface area (Å²) in [6.45, 7) is 7.42. The van der Waals surface area contributed by atoms with Crippen LogP contribution in [0.15, 0.2) is 18.5 Å². The maximum absolute atomic E-state index is 9.73. The first-order valence-corrected chi connectivity index (χ1v) is 6.76. The van der Waals surface area contributed by atoms with E-state index in [2.05, 4.69) is 17.3 Å². The van der Waals surface area contributed by atoms with E-state index in [0.717, 1.165) is 6.54 Å². The molecule has 0 aromatic carbocycles. The van der Waals surface area contributed by atoms with Crippen molar-refractivity contribution < 1.29 is 14.6 Å². The Kier molecular flexibility index (Phi) is 8.40. The molecule has 0 aliphatic carbocycles. The quantitative estimate of drug-likeness (QED) is 0.566. The van der Waals surface area contributed by atoms with E-state index >= 15 is 0 Å². The van der Waals surface area contributed by atoms with Crippen LogP contribution < -0.4 is 5.32 Å². The molecule has 2 N–H and O–H groups in total. The van der Waals surface area contributed by atoms with Crippen LogP contribution in [0.5, 0.6) is 0 Å². The minimum atomic E-state index is -0.498. The van der Waals surface area contributed by atoms with Gasteiger partial charge in [-0.15, -0.1) is 0 Å². The van der Waals surface area contributed by atoms with Gasteiger partial charge in [0.15, 0.2) is 0 Å². The average Bonchev–Trinajstić information content (AvgIpc) is 2.89. The number of rotatable bonds is 11. The van der Waals surface area contributed by atoms with Crippen molar-refractivity contribution >= 4 is 0 Å². The summed E-state index contributed by atoms with van der Waals surface area (Å²) < 4.78 is 12.3. The number of aliphatic hydroxyl groups is 1. The molecule has 0 saturated heterocycles. The number of hydrogen-bond donors (Lipinski definition) is 2. The van der Waals surface area contributed by atoms with Crippen LogP contribution in [-0.4, -0.2) is 60.0 Å². The van der Waals surface area contributed by atoms with Crippen LogP contribution in [0.4, 0.5) is 0 Å². The Labute approximate surface area is 114 Å². The highest BCUT2D eigenvalue weighted by molar-refractivity contribution is 4.79. The summed E-state index contributed by atoms with van der Waals surface area (Å²) in [4.78, 5) is 0. The highest BCUT2D eigenvalue weighted by Gasteiger charge is 2.07. The molecule has 1 rings (SSSR count). The highest BCUT2D eigenvalue weighted by Crippen LogP contribution is 1.92. The van der Waals surface area contributed by atoms with Crippen LogP contribution in [0, 0.1) is 0 Å². The molecule has 1 aromatic rings. The fourth-order valence-corrected chi connectivity index (χ4v) is 1.63. The Morgan fingerprint density at radius 3 is 2.84 bits per heavy atom. The van der Waals surface area contributed by atoms with E-state index in [4.69, 9.17) is 9.47 Å². The van der Waals surface area contributed by atoms with E-state index in [1.807, 2.05) is 23.9 Å². The zero-order chi connectivity index (χ0) is 13.9. The largest absolute Gasteiger partial charge is 0.389 e. The number of nitrogens with zero attached hydrogens (tertiary/aromatic N) is 2. The normalized spacial score (nSPS) is 14.5. The molecule has 2 atom stereocenters. The molecule has 19 heavy (non-hydrogen) atoms. The fraction of sp³-hybridized carbons (Fsp3) is 0.769. The highest BCUT2D eigenvalue weighted by atomic mass is 16.5. The van der Waals surface area contributed by atoms with Crippen molar-refractivity contribution in [3.8, 4) is 0 Å². The van der Waals surface area contributed by atoms with Crippen LogP contribution in [0.2, 0.25) is 0 Å². The molecular formula is C13H25N3O3. The smallest absolute Gasteiger partial charge is 0.0897 e. The van der Waals surface area contributed by atoms with Gasteiger partial charge in [0.25, 0.3) is 0 Å². The number of nitrogens with one attached hydrogen (secondary N) is 1. The van der Waals surface area contributed by atoms with E-state index in [-0.39, 0.29) is 6.04 Å². The molecule has 110 valence electrons. The minimum absolute atomic E-state index is 0.248. The third-order valence-electron chi connectivity index (χ3n) is 2.61. The second kappa shape index (κ2) is 9.91. The molecule has 0 fully saturated rings. The Morgan fingerprint density at radius 2 is 2.16 bits per heavy atom. The van der Waals surface area contributed by atoms with Gasteiger partial charge in [0.05, 0.1) is 32.5 Å². The van der Waals surface area contributed by atoms with Gasteiger partial charge < -0.3 is 19.9 Å². The van der Waals surface area contributed by atoms with Crippen LogP contribution in [0.3, 0.4) is 0 Å². The topological polar surface area (TPSA) is 68.5 Å². The van der Waals surface area contributed by atoms with Gasteiger partial charge in [0.2, 0.25) is 0 Å². The molecule has 0 amide bonds. The minimum Gasteiger partial charge on any atom is -0.389 e. The van der Waals surface area contributed by atoms with E-state index < -0.39 is 6.10 Å².